The number of nitrogens with one attached hydrogen (secondary N) is 1. The topological polar surface area (TPSA) is 44.7 Å². The largest absolute Gasteiger partial charge is 0.508 e. The molecule has 21 heavy (non-hydrogen) atoms. The van der Waals surface area contributed by atoms with Crippen molar-refractivity contribution in [2.75, 3.05) is 40.4 Å². The standard InChI is InChI=1S/C17H28N2O2/c1-12-5-6-15(20)17-14(11-13(2)16(12)17)18-7-9-21-10-8-19(3)4/h5-6,13-14,18,20H,7-11H2,1-4H3. The molecule has 0 spiro atoms. The van der Waals surface area contributed by atoms with Gasteiger partial charge in [-0.1, -0.05) is 13.0 Å². The number of fused-ring (bicyclic) bond motifs is 1. The van der Waals surface area contributed by atoms with E-state index in [4.69, 9.17) is 4.74 Å². The van der Waals surface area contributed by atoms with Gasteiger partial charge in [-0.25, -0.2) is 0 Å². The number of likely N-dealkylation sites (N-methyl/N-ethyl adjacent to an activating group) is 1. The van der Waals surface area contributed by atoms with E-state index in [1.807, 2.05) is 26.2 Å². The molecule has 0 fully saturated rings. The molecule has 2 atom stereocenters. The van der Waals surface area contributed by atoms with Gasteiger partial charge in [-0.3, -0.25) is 0 Å². The van der Waals surface area contributed by atoms with Crippen LogP contribution in [0.1, 0.15) is 42.0 Å². The highest BCUT2D eigenvalue weighted by Crippen LogP contribution is 2.45. The number of hydrogen-bond acceptors (Lipinski definition) is 4. The minimum Gasteiger partial charge on any atom is -0.508 e. The van der Waals surface area contributed by atoms with Crippen molar-refractivity contribution >= 4 is 0 Å². The first kappa shape index (κ1) is 16.3. The second kappa shape index (κ2) is 7.25. The molecule has 0 radical (unpaired) electrons. The van der Waals surface area contributed by atoms with Crippen LogP contribution in [0.3, 0.4) is 0 Å². The first-order chi connectivity index (χ1) is 10.0. The summed E-state index contributed by atoms with van der Waals surface area (Å²) in [5.41, 5.74) is 3.69. The normalized spacial score (nSPS) is 21.0. The molecule has 1 aliphatic carbocycles. The van der Waals surface area contributed by atoms with Crippen LogP contribution in [0.25, 0.3) is 0 Å². The number of benzene rings is 1. The molecule has 0 bridgehead atoms. The molecule has 2 N–H and O–H groups in total. The van der Waals surface area contributed by atoms with Crippen LogP contribution >= 0.6 is 0 Å². The Hall–Kier alpha value is -1.10. The van der Waals surface area contributed by atoms with Crippen LogP contribution in [0.5, 0.6) is 5.75 Å². The molecule has 0 aliphatic heterocycles. The van der Waals surface area contributed by atoms with E-state index in [1.165, 1.54) is 11.1 Å². The van der Waals surface area contributed by atoms with Gasteiger partial charge in [0.1, 0.15) is 5.75 Å². The zero-order valence-electron chi connectivity index (χ0n) is 13.6. The highest BCUT2D eigenvalue weighted by molar-refractivity contribution is 5.50. The summed E-state index contributed by atoms with van der Waals surface area (Å²) in [6.07, 6.45) is 1.05. The van der Waals surface area contributed by atoms with Crippen molar-refractivity contribution in [1.82, 2.24) is 10.2 Å². The third-order valence-electron chi connectivity index (χ3n) is 4.23. The Bertz CT molecular complexity index is 474. The molecule has 1 aromatic rings. The van der Waals surface area contributed by atoms with E-state index < -0.39 is 0 Å². The maximum atomic E-state index is 10.2. The molecule has 4 heteroatoms. The number of hydrogen-bond donors (Lipinski definition) is 2. The summed E-state index contributed by atoms with van der Waals surface area (Å²) in [6.45, 7) is 7.60. The van der Waals surface area contributed by atoms with Crippen LogP contribution in [0, 0.1) is 6.92 Å². The molecule has 1 aliphatic rings. The lowest BCUT2D eigenvalue weighted by atomic mass is 9.97. The summed E-state index contributed by atoms with van der Waals surface area (Å²) in [5.74, 6) is 0.922. The van der Waals surface area contributed by atoms with E-state index >= 15 is 0 Å². The van der Waals surface area contributed by atoms with Gasteiger partial charge in [0.2, 0.25) is 0 Å². The maximum absolute atomic E-state index is 10.2. The smallest absolute Gasteiger partial charge is 0.120 e. The van der Waals surface area contributed by atoms with E-state index in [9.17, 15) is 5.11 Å². The van der Waals surface area contributed by atoms with Crippen molar-refractivity contribution in [2.45, 2.75) is 32.2 Å². The van der Waals surface area contributed by atoms with Gasteiger partial charge in [0, 0.05) is 24.7 Å². The molecule has 0 saturated carbocycles. The fraction of sp³-hybridized carbons (Fsp3) is 0.647. The molecule has 0 amide bonds. The Morgan fingerprint density at radius 2 is 2.05 bits per heavy atom. The molecule has 2 unspecified atom stereocenters. The highest BCUT2D eigenvalue weighted by atomic mass is 16.5. The van der Waals surface area contributed by atoms with Crippen LogP contribution in [0.15, 0.2) is 12.1 Å². The number of aryl methyl sites for hydroxylation is 1. The van der Waals surface area contributed by atoms with Crippen LogP contribution in [0.4, 0.5) is 0 Å². The predicted octanol–water partition coefficient (Wildman–Crippen LogP) is 2.42. The van der Waals surface area contributed by atoms with Crippen molar-refractivity contribution in [2.24, 2.45) is 0 Å². The van der Waals surface area contributed by atoms with E-state index in [1.54, 1.807) is 0 Å². The van der Waals surface area contributed by atoms with Gasteiger partial charge in [-0.15, -0.1) is 0 Å². The first-order valence-corrected chi connectivity index (χ1v) is 7.79. The predicted molar refractivity (Wildman–Crippen MR) is 86.0 cm³/mol. The molecular formula is C17H28N2O2. The van der Waals surface area contributed by atoms with Crippen molar-refractivity contribution < 1.29 is 9.84 Å². The Morgan fingerprint density at radius 1 is 1.29 bits per heavy atom. The summed E-state index contributed by atoms with van der Waals surface area (Å²) in [5, 5.41) is 13.7. The van der Waals surface area contributed by atoms with Gasteiger partial charge >= 0.3 is 0 Å². The number of phenolic OH excluding ortho intramolecular Hbond substituents is 1. The van der Waals surface area contributed by atoms with Gasteiger partial charge in [-0.05, 0) is 50.6 Å². The first-order valence-electron chi connectivity index (χ1n) is 7.79. The maximum Gasteiger partial charge on any atom is 0.120 e. The molecule has 1 aromatic carbocycles. The van der Waals surface area contributed by atoms with Crippen molar-refractivity contribution in [3.05, 3.63) is 28.8 Å². The lowest BCUT2D eigenvalue weighted by Crippen LogP contribution is -2.25. The third kappa shape index (κ3) is 3.96. The van der Waals surface area contributed by atoms with E-state index in [2.05, 4.69) is 24.1 Å². The van der Waals surface area contributed by atoms with Crippen LogP contribution in [-0.4, -0.2) is 50.4 Å². The Kier molecular flexibility index (Phi) is 5.62. The van der Waals surface area contributed by atoms with Gasteiger partial charge in [0.15, 0.2) is 0 Å². The molecule has 0 saturated heterocycles. The molecular weight excluding hydrogens is 264 g/mol. The average molecular weight is 292 g/mol. The Labute approximate surface area is 128 Å². The lowest BCUT2D eigenvalue weighted by Gasteiger charge is -2.16. The Balaban J connectivity index is 1.86. The Morgan fingerprint density at radius 3 is 2.76 bits per heavy atom. The molecule has 2 rings (SSSR count). The van der Waals surface area contributed by atoms with Gasteiger partial charge < -0.3 is 20.1 Å². The average Bonchev–Trinajstić information content (AvgIpc) is 2.76. The zero-order chi connectivity index (χ0) is 15.4. The summed E-state index contributed by atoms with van der Waals surface area (Å²) < 4.78 is 5.61. The monoisotopic (exact) mass is 292 g/mol. The molecule has 118 valence electrons. The quantitative estimate of drug-likeness (QED) is 0.758. The van der Waals surface area contributed by atoms with Gasteiger partial charge in [0.05, 0.1) is 13.2 Å². The fourth-order valence-corrected chi connectivity index (χ4v) is 3.18. The van der Waals surface area contributed by atoms with Crippen molar-refractivity contribution in [1.29, 1.82) is 0 Å². The molecule has 0 heterocycles. The fourth-order valence-electron chi connectivity index (χ4n) is 3.18. The third-order valence-corrected chi connectivity index (χ3v) is 4.23. The van der Waals surface area contributed by atoms with E-state index in [-0.39, 0.29) is 6.04 Å². The van der Waals surface area contributed by atoms with E-state index in [0.717, 1.165) is 31.7 Å². The number of rotatable bonds is 7. The minimum atomic E-state index is 0.243. The summed E-state index contributed by atoms with van der Waals surface area (Å²) in [4.78, 5) is 2.11. The van der Waals surface area contributed by atoms with Crippen LogP contribution < -0.4 is 5.32 Å². The SMILES string of the molecule is Cc1ccc(O)c2c1C(C)CC2NCCOCCN(C)C. The number of nitrogens with zero attached hydrogens (tertiary/aromatic N) is 1. The second-order valence-corrected chi connectivity index (χ2v) is 6.29. The number of phenols is 1. The minimum absolute atomic E-state index is 0.243. The van der Waals surface area contributed by atoms with Gasteiger partial charge in [0.25, 0.3) is 0 Å². The summed E-state index contributed by atoms with van der Waals surface area (Å²) in [7, 11) is 4.09. The zero-order valence-corrected chi connectivity index (χ0v) is 13.6. The van der Waals surface area contributed by atoms with Crippen LogP contribution in [0.2, 0.25) is 0 Å². The molecule has 4 nitrogen and oxygen atoms in total. The molecule has 0 aromatic heterocycles. The summed E-state index contributed by atoms with van der Waals surface area (Å²) >= 11 is 0. The summed E-state index contributed by atoms with van der Waals surface area (Å²) in [6, 6.07) is 4.07. The second-order valence-electron chi connectivity index (χ2n) is 6.29. The number of ether oxygens (including phenoxy) is 1. The highest BCUT2D eigenvalue weighted by Gasteiger charge is 2.31. The van der Waals surface area contributed by atoms with E-state index in [0.29, 0.717) is 18.3 Å². The lowest BCUT2D eigenvalue weighted by molar-refractivity contribution is 0.117. The van der Waals surface area contributed by atoms with Crippen LogP contribution in [-0.2, 0) is 4.74 Å². The van der Waals surface area contributed by atoms with Crippen molar-refractivity contribution in [3.63, 3.8) is 0 Å². The number of aromatic hydroxyl groups is 1. The van der Waals surface area contributed by atoms with Gasteiger partial charge in [-0.2, -0.15) is 0 Å². The van der Waals surface area contributed by atoms with Crippen molar-refractivity contribution in [3.8, 4) is 5.75 Å².